The van der Waals surface area contributed by atoms with Crippen molar-refractivity contribution in [1.29, 1.82) is 0 Å². The average molecular weight is 251 g/mol. The van der Waals surface area contributed by atoms with E-state index in [1.165, 1.54) is 25.7 Å². The van der Waals surface area contributed by atoms with Gasteiger partial charge in [-0.3, -0.25) is 4.79 Å². The van der Waals surface area contributed by atoms with Gasteiger partial charge in [-0.2, -0.15) is 0 Å². The van der Waals surface area contributed by atoms with Gasteiger partial charge in [0, 0.05) is 6.42 Å². The van der Waals surface area contributed by atoms with E-state index < -0.39 is 0 Å². The van der Waals surface area contributed by atoms with Crippen molar-refractivity contribution in [3.05, 3.63) is 0 Å². The zero-order chi connectivity index (χ0) is 12.5. The number of carbonyl (C=O) groups excluding carboxylic acids is 1. The van der Waals surface area contributed by atoms with E-state index >= 15 is 0 Å². The summed E-state index contributed by atoms with van der Waals surface area (Å²) in [5.41, 5.74) is 0. The molecule has 3 rings (SSSR count). The van der Waals surface area contributed by atoms with Crippen LogP contribution in [0.25, 0.3) is 0 Å². The Morgan fingerprint density at radius 1 is 1.11 bits per heavy atom. The summed E-state index contributed by atoms with van der Waals surface area (Å²) < 4.78 is 0. The summed E-state index contributed by atoms with van der Waals surface area (Å²) in [6, 6.07) is 0.0184. The third-order valence-electron chi connectivity index (χ3n) is 5.41. The second-order valence-corrected chi connectivity index (χ2v) is 6.66. The number of aliphatic hydroxyl groups excluding tert-OH is 1. The van der Waals surface area contributed by atoms with Crippen molar-refractivity contribution in [2.45, 2.75) is 69.9 Å². The Morgan fingerprint density at radius 2 is 1.94 bits per heavy atom. The molecule has 0 radical (unpaired) electrons. The molecule has 3 unspecified atom stereocenters. The van der Waals surface area contributed by atoms with Crippen LogP contribution in [0.15, 0.2) is 0 Å². The van der Waals surface area contributed by atoms with Crippen molar-refractivity contribution in [1.82, 2.24) is 5.32 Å². The van der Waals surface area contributed by atoms with Crippen LogP contribution in [-0.2, 0) is 4.79 Å². The second-order valence-electron chi connectivity index (χ2n) is 6.66. The fraction of sp³-hybridized carbons (Fsp3) is 0.933. The Balaban J connectivity index is 1.47. The van der Waals surface area contributed by atoms with Gasteiger partial charge < -0.3 is 10.4 Å². The molecule has 3 fully saturated rings. The first kappa shape index (κ1) is 12.5. The van der Waals surface area contributed by atoms with E-state index in [4.69, 9.17) is 0 Å². The quantitative estimate of drug-likeness (QED) is 0.808. The Labute approximate surface area is 109 Å². The highest BCUT2D eigenvalue weighted by molar-refractivity contribution is 5.76. The maximum absolute atomic E-state index is 12.1. The number of aliphatic hydroxyl groups is 1. The lowest BCUT2D eigenvalue weighted by atomic mass is 9.86. The maximum atomic E-state index is 12.1. The van der Waals surface area contributed by atoms with Gasteiger partial charge in [-0.1, -0.05) is 19.3 Å². The Morgan fingerprint density at radius 3 is 2.61 bits per heavy atom. The van der Waals surface area contributed by atoms with Crippen molar-refractivity contribution >= 4 is 5.91 Å². The lowest BCUT2D eigenvalue weighted by molar-refractivity contribution is -0.124. The molecule has 0 heterocycles. The molecule has 3 heteroatoms. The predicted octanol–water partition coefficient (Wildman–Crippen LogP) is 2.23. The first-order valence-electron chi connectivity index (χ1n) is 7.70. The standard InChI is InChI=1S/C15H25NO2/c17-14-4-2-1-3-13(14)16-15(18)9-12-8-10-5-6-11(12)7-10/h10-14,17H,1-9H2,(H,16,18)/t10?,11?,12?,13-,14-/m0/s1. The normalized spacial score (nSPS) is 43.1. The molecule has 5 atom stereocenters. The molecule has 0 spiro atoms. The summed E-state index contributed by atoms with van der Waals surface area (Å²) in [6.07, 6.45) is 9.78. The summed E-state index contributed by atoms with van der Waals surface area (Å²) in [5.74, 6) is 2.54. The molecule has 0 aromatic heterocycles. The zero-order valence-corrected chi connectivity index (χ0v) is 11.1. The summed E-state index contributed by atoms with van der Waals surface area (Å²) in [7, 11) is 0. The number of carbonyl (C=O) groups is 1. The first-order valence-corrected chi connectivity index (χ1v) is 7.70. The van der Waals surface area contributed by atoms with Crippen molar-refractivity contribution in [2.75, 3.05) is 0 Å². The molecule has 0 aliphatic heterocycles. The summed E-state index contributed by atoms with van der Waals surface area (Å²) >= 11 is 0. The van der Waals surface area contributed by atoms with E-state index in [-0.39, 0.29) is 18.1 Å². The maximum Gasteiger partial charge on any atom is 0.220 e. The number of hydrogen-bond acceptors (Lipinski definition) is 2. The molecule has 2 N–H and O–H groups in total. The summed E-state index contributed by atoms with van der Waals surface area (Å²) in [5, 5.41) is 12.9. The van der Waals surface area contributed by atoms with Crippen molar-refractivity contribution in [3.63, 3.8) is 0 Å². The van der Waals surface area contributed by atoms with E-state index in [2.05, 4.69) is 5.32 Å². The Bertz CT molecular complexity index is 312. The van der Waals surface area contributed by atoms with Gasteiger partial charge in [-0.05, 0) is 49.9 Å². The van der Waals surface area contributed by atoms with Crippen LogP contribution in [0, 0.1) is 17.8 Å². The van der Waals surface area contributed by atoms with Gasteiger partial charge in [-0.25, -0.2) is 0 Å². The van der Waals surface area contributed by atoms with Gasteiger partial charge in [0.1, 0.15) is 0 Å². The van der Waals surface area contributed by atoms with Gasteiger partial charge in [0.05, 0.1) is 12.1 Å². The lowest BCUT2D eigenvalue weighted by Crippen LogP contribution is -2.45. The molecule has 102 valence electrons. The van der Waals surface area contributed by atoms with Crippen LogP contribution in [0.3, 0.4) is 0 Å². The van der Waals surface area contributed by atoms with Gasteiger partial charge >= 0.3 is 0 Å². The minimum atomic E-state index is -0.317. The Hall–Kier alpha value is -0.570. The SMILES string of the molecule is O=C(CC1CC2CCC1C2)N[C@H]1CCCC[C@@H]1O. The van der Waals surface area contributed by atoms with Crippen molar-refractivity contribution in [2.24, 2.45) is 17.8 Å². The minimum Gasteiger partial charge on any atom is -0.391 e. The molecule has 3 aliphatic carbocycles. The van der Waals surface area contributed by atoms with E-state index in [0.717, 1.165) is 37.5 Å². The molecule has 0 aromatic carbocycles. The number of hydrogen-bond donors (Lipinski definition) is 2. The third kappa shape index (κ3) is 2.56. The molecule has 3 saturated carbocycles. The monoisotopic (exact) mass is 251 g/mol. The van der Waals surface area contributed by atoms with Crippen molar-refractivity contribution < 1.29 is 9.90 Å². The number of fused-ring (bicyclic) bond motifs is 2. The molecule has 2 bridgehead atoms. The average Bonchev–Trinajstić information content (AvgIpc) is 2.94. The molecular formula is C15H25NO2. The van der Waals surface area contributed by atoms with E-state index in [0.29, 0.717) is 12.3 Å². The lowest BCUT2D eigenvalue weighted by Gasteiger charge is -2.29. The van der Waals surface area contributed by atoms with E-state index in [1.54, 1.807) is 0 Å². The molecule has 1 amide bonds. The topological polar surface area (TPSA) is 49.3 Å². The van der Waals surface area contributed by atoms with Crippen LogP contribution in [0.5, 0.6) is 0 Å². The van der Waals surface area contributed by atoms with Crippen LogP contribution in [0.2, 0.25) is 0 Å². The minimum absolute atomic E-state index is 0.0184. The number of amides is 1. The van der Waals surface area contributed by atoms with Crippen LogP contribution in [0.1, 0.15) is 57.8 Å². The molecular weight excluding hydrogens is 226 g/mol. The first-order chi connectivity index (χ1) is 8.72. The van der Waals surface area contributed by atoms with Gasteiger partial charge in [-0.15, -0.1) is 0 Å². The number of rotatable bonds is 3. The molecule has 0 aromatic rings. The van der Waals surface area contributed by atoms with Crippen LogP contribution >= 0.6 is 0 Å². The fourth-order valence-corrected chi connectivity index (χ4v) is 4.41. The molecule has 18 heavy (non-hydrogen) atoms. The van der Waals surface area contributed by atoms with Gasteiger partial charge in [0.2, 0.25) is 5.91 Å². The highest BCUT2D eigenvalue weighted by Crippen LogP contribution is 2.49. The molecule has 0 saturated heterocycles. The third-order valence-corrected chi connectivity index (χ3v) is 5.41. The number of nitrogens with one attached hydrogen (secondary N) is 1. The zero-order valence-electron chi connectivity index (χ0n) is 11.1. The molecule has 3 nitrogen and oxygen atoms in total. The molecule has 3 aliphatic rings. The summed E-state index contributed by atoms with van der Waals surface area (Å²) in [4.78, 5) is 12.1. The largest absolute Gasteiger partial charge is 0.391 e. The van der Waals surface area contributed by atoms with Gasteiger partial charge in [0.15, 0.2) is 0 Å². The highest BCUT2D eigenvalue weighted by atomic mass is 16.3. The predicted molar refractivity (Wildman–Crippen MR) is 70.0 cm³/mol. The van der Waals surface area contributed by atoms with E-state index in [9.17, 15) is 9.90 Å². The van der Waals surface area contributed by atoms with Crippen molar-refractivity contribution in [3.8, 4) is 0 Å². The smallest absolute Gasteiger partial charge is 0.220 e. The Kier molecular flexibility index (Phi) is 3.60. The second kappa shape index (κ2) is 5.20. The fourth-order valence-electron chi connectivity index (χ4n) is 4.41. The van der Waals surface area contributed by atoms with Crippen LogP contribution < -0.4 is 5.32 Å². The van der Waals surface area contributed by atoms with E-state index in [1.807, 2.05) is 0 Å². The summed E-state index contributed by atoms with van der Waals surface area (Å²) in [6.45, 7) is 0. The van der Waals surface area contributed by atoms with Gasteiger partial charge in [0.25, 0.3) is 0 Å². The highest BCUT2D eigenvalue weighted by Gasteiger charge is 2.40. The van der Waals surface area contributed by atoms with Crippen LogP contribution in [0.4, 0.5) is 0 Å². The van der Waals surface area contributed by atoms with Crippen LogP contribution in [-0.4, -0.2) is 23.2 Å².